The minimum Gasteiger partial charge on any atom is -0.480 e. The smallest absolute Gasteiger partial charge is 0.326 e. The monoisotopic (exact) mass is 259 g/mol. The normalized spacial score (nSPS) is 12.0. The van der Waals surface area contributed by atoms with Gasteiger partial charge in [0.15, 0.2) is 0 Å². The zero-order valence-corrected chi connectivity index (χ0v) is 11.0. The highest BCUT2D eigenvalue weighted by Crippen LogP contribution is 2.01. The molecule has 0 saturated carbocycles. The van der Waals surface area contributed by atoms with Crippen molar-refractivity contribution < 1.29 is 19.5 Å². The SMILES string of the molecule is CCN(CC(C)C)C(=O)N[C@@H](CC(N)=O)C(=O)O. The number of nitrogens with two attached hydrogens (primary N) is 1. The summed E-state index contributed by atoms with van der Waals surface area (Å²) in [4.78, 5) is 34.9. The molecule has 0 fully saturated rings. The lowest BCUT2D eigenvalue weighted by molar-refractivity contribution is -0.140. The van der Waals surface area contributed by atoms with Gasteiger partial charge in [0.05, 0.1) is 6.42 Å². The Morgan fingerprint density at radius 1 is 1.33 bits per heavy atom. The molecule has 0 saturated heterocycles. The molecule has 0 rings (SSSR count). The molecule has 0 aromatic rings. The predicted molar refractivity (Wildman–Crippen MR) is 65.9 cm³/mol. The molecule has 4 N–H and O–H groups in total. The van der Waals surface area contributed by atoms with E-state index in [1.807, 2.05) is 13.8 Å². The van der Waals surface area contributed by atoms with E-state index in [0.717, 1.165) is 0 Å². The molecule has 0 aromatic carbocycles. The van der Waals surface area contributed by atoms with Crippen molar-refractivity contribution in [2.75, 3.05) is 13.1 Å². The van der Waals surface area contributed by atoms with Gasteiger partial charge in [-0.1, -0.05) is 13.8 Å². The van der Waals surface area contributed by atoms with Crippen molar-refractivity contribution in [2.24, 2.45) is 11.7 Å². The molecule has 0 heterocycles. The van der Waals surface area contributed by atoms with E-state index < -0.39 is 30.4 Å². The molecule has 1 atom stereocenters. The van der Waals surface area contributed by atoms with Gasteiger partial charge < -0.3 is 21.1 Å². The number of urea groups is 1. The average Bonchev–Trinajstić information content (AvgIpc) is 2.23. The molecule has 0 spiro atoms. The van der Waals surface area contributed by atoms with Gasteiger partial charge in [-0.2, -0.15) is 0 Å². The summed E-state index contributed by atoms with van der Waals surface area (Å²) < 4.78 is 0. The van der Waals surface area contributed by atoms with Crippen molar-refractivity contribution >= 4 is 17.9 Å². The van der Waals surface area contributed by atoms with Crippen LogP contribution in [0.2, 0.25) is 0 Å². The van der Waals surface area contributed by atoms with Gasteiger partial charge in [0.25, 0.3) is 0 Å². The highest BCUT2D eigenvalue weighted by molar-refractivity contribution is 5.87. The fourth-order valence-corrected chi connectivity index (χ4v) is 1.44. The van der Waals surface area contributed by atoms with E-state index in [2.05, 4.69) is 5.32 Å². The quantitative estimate of drug-likeness (QED) is 0.597. The molecule has 0 aliphatic heterocycles. The first kappa shape index (κ1) is 16.2. The van der Waals surface area contributed by atoms with Crippen LogP contribution >= 0.6 is 0 Å². The molecule has 0 bridgehead atoms. The van der Waals surface area contributed by atoms with Crippen LogP contribution in [0.1, 0.15) is 27.2 Å². The Hall–Kier alpha value is -1.79. The number of hydrogen-bond acceptors (Lipinski definition) is 3. The zero-order valence-electron chi connectivity index (χ0n) is 11.0. The second-order valence-electron chi connectivity index (χ2n) is 4.44. The summed E-state index contributed by atoms with van der Waals surface area (Å²) in [5.74, 6) is -1.77. The minimum absolute atomic E-state index is 0.273. The van der Waals surface area contributed by atoms with E-state index in [1.165, 1.54) is 4.90 Å². The minimum atomic E-state index is -1.28. The molecule has 18 heavy (non-hydrogen) atoms. The summed E-state index contributed by atoms with van der Waals surface area (Å²) in [6.07, 6.45) is -0.416. The lowest BCUT2D eigenvalue weighted by atomic mass is 10.2. The van der Waals surface area contributed by atoms with Gasteiger partial charge in [-0.15, -0.1) is 0 Å². The number of carboxylic acid groups (broad SMARTS) is 1. The van der Waals surface area contributed by atoms with Gasteiger partial charge in [0, 0.05) is 13.1 Å². The molecule has 0 radical (unpaired) electrons. The van der Waals surface area contributed by atoms with E-state index in [9.17, 15) is 14.4 Å². The van der Waals surface area contributed by atoms with Crippen LogP contribution < -0.4 is 11.1 Å². The summed E-state index contributed by atoms with van der Waals surface area (Å²) in [6, 6.07) is -1.78. The van der Waals surface area contributed by atoms with Crippen molar-refractivity contribution in [1.29, 1.82) is 0 Å². The molecule has 0 aliphatic carbocycles. The molecule has 0 aliphatic rings. The number of nitrogens with zero attached hydrogens (tertiary/aromatic N) is 1. The topological polar surface area (TPSA) is 113 Å². The maximum Gasteiger partial charge on any atom is 0.326 e. The number of carboxylic acids is 1. The molecule has 3 amide bonds. The second kappa shape index (κ2) is 7.52. The number of nitrogens with one attached hydrogen (secondary N) is 1. The van der Waals surface area contributed by atoms with Gasteiger partial charge in [-0.25, -0.2) is 9.59 Å². The Kier molecular flexibility index (Phi) is 6.77. The maximum absolute atomic E-state index is 11.8. The fourth-order valence-electron chi connectivity index (χ4n) is 1.44. The van der Waals surface area contributed by atoms with Gasteiger partial charge in [0.1, 0.15) is 6.04 Å². The highest BCUT2D eigenvalue weighted by atomic mass is 16.4. The van der Waals surface area contributed by atoms with Crippen LogP contribution in [0.5, 0.6) is 0 Å². The van der Waals surface area contributed by atoms with Crippen molar-refractivity contribution in [2.45, 2.75) is 33.2 Å². The molecular weight excluding hydrogens is 238 g/mol. The number of carbonyl (C=O) groups is 3. The number of hydrogen-bond donors (Lipinski definition) is 3. The summed E-state index contributed by atoms with van der Waals surface area (Å²) in [5, 5.41) is 11.2. The number of rotatable bonds is 7. The maximum atomic E-state index is 11.8. The first-order valence-electron chi connectivity index (χ1n) is 5.84. The molecular formula is C11H21N3O4. The van der Waals surface area contributed by atoms with Crippen LogP contribution in [0.3, 0.4) is 0 Å². The van der Waals surface area contributed by atoms with Gasteiger partial charge >= 0.3 is 12.0 Å². The van der Waals surface area contributed by atoms with Crippen LogP contribution in [0, 0.1) is 5.92 Å². The van der Waals surface area contributed by atoms with Crippen LogP contribution in [-0.4, -0.2) is 47.0 Å². The van der Waals surface area contributed by atoms with Crippen LogP contribution in [0.25, 0.3) is 0 Å². The van der Waals surface area contributed by atoms with E-state index >= 15 is 0 Å². The van der Waals surface area contributed by atoms with Crippen molar-refractivity contribution in [3.05, 3.63) is 0 Å². The molecule has 0 aromatic heterocycles. The first-order valence-corrected chi connectivity index (χ1v) is 5.84. The fraction of sp³-hybridized carbons (Fsp3) is 0.727. The third-order valence-electron chi connectivity index (χ3n) is 2.26. The Bertz CT molecular complexity index is 317. The summed E-state index contributed by atoms with van der Waals surface area (Å²) in [5.41, 5.74) is 4.93. The average molecular weight is 259 g/mol. The van der Waals surface area contributed by atoms with E-state index in [4.69, 9.17) is 10.8 Å². The largest absolute Gasteiger partial charge is 0.480 e. The van der Waals surface area contributed by atoms with E-state index in [0.29, 0.717) is 13.1 Å². The third-order valence-corrected chi connectivity index (χ3v) is 2.26. The Balaban J connectivity index is 4.56. The lowest BCUT2D eigenvalue weighted by Crippen LogP contribution is -2.50. The van der Waals surface area contributed by atoms with Crippen molar-refractivity contribution in [3.8, 4) is 0 Å². The number of amides is 3. The predicted octanol–water partition coefficient (Wildman–Crippen LogP) is 0.00250. The standard InChI is InChI=1S/C11H21N3O4/c1-4-14(6-7(2)3)11(18)13-8(10(16)17)5-9(12)15/h7-8H,4-6H2,1-3H3,(H2,12,15)(H,13,18)(H,16,17)/t8-/m0/s1. The Morgan fingerprint density at radius 2 is 1.89 bits per heavy atom. The van der Waals surface area contributed by atoms with Gasteiger partial charge in [-0.3, -0.25) is 4.79 Å². The van der Waals surface area contributed by atoms with Gasteiger partial charge in [0.2, 0.25) is 5.91 Å². The Labute approximate surface area is 106 Å². The summed E-state index contributed by atoms with van der Waals surface area (Å²) >= 11 is 0. The van der Waals surface area contributed by atoms with E-state index in [1.54, 1.807) is 6.92 Å². The summed E-state index contributed by atoms with van der Waals surface area (Å²) in [7, 11) is 0. The van der Waals surface area contributed by atoms with Crippen LogP contribution in [0.15, 0.2) is 0 Å². The lowest BCUT2D eigenvalue weighted by Gasteiger charge is -2.25. The number of aliphatic carboxylic acids is 1. The number of primary amides is 1. The molecule has 7 nitrogen and oxygen atoms in total. The molecule has 7 heteroatoms. The van der Waals surface area contributed by atoms with Crippen LogP contribution in [-0.2, 0) is 9.59 Å². The summed E-state index contributed by atoms with van der Waals surface area (Å²) in [6.45, 7) is 6.69. The number of carbonyl (C=O) groups excluding carboxylic acids is 2. The second-order valence-corrected chi connectivity index (χ2v) is 4.44. The third kappa shape index (κ3) is 6.07. The zero-order chi connectivity index (χ0) is 14.3. The first-order chi connectivity index (χ1) is 8.27. The molecule has 0 unspecified atom stereocenters. The van der Waals surface area contributed by atoms with Crippen molar-refractivity contribution in [1.82, 2.24) is 10.2 Å². The highest BCUT2D eigenvalue weighted by Gasteiger charge is 2.24. The molecule has 104 valence electrons. The van der Waals surface area contributed by atoms with E-state index in [-0.39, 0.29) is 5.92 Å². The van der Waals surface area contributed by atoms with Gasteiger partial charge in [-0.05, 0) is 12.8 Å². The van der Waals surface area contributed by atoms with Crippen molar-refractivity contribution in [3.63, 3.8) is 0 Å². The Morgan fingerprint density at radius 3 is 2.22 bits per heavy atom. The van der Waals surface area contributed by atoms with Crippen LogP contribution in [0.4, 0.5) is 4.79 Å².